The lowest BCUT2D eigenvalue weighted by Crippen LogP contribution is -2.52. The van der Waals surface area contributed by atoms with Crippen molar-refractivity contribution in [2.24, 2.45) is 18.4 Å². The van der Waals surface area contributed by atoms with Crippen LogP contribution in [0.1, 0.15) is 16.9 Å². The molecule has 1 aromatic carbocycles. The van der Waals surface area contributed by atoms with Crippen molar-refractivity contribution >= 4 is 22.9 Å². The van der Waals surface area contributed by atoms with Gasteiger partial charge in [0.1, 0.15) is 5.41 Å². The smallest absolute Gasteiger partial charge is 0.313 e. The summed E-state index contributed by atoms with van der Waals surface area (Å²) < 4.78 is 1.42. The molecule has 0 unspecified atom stereocenters. The van der Waals surface area contributed by atoms with E-state index in [4.69, 9.17) is 0 Å². The molecule has 1 aromatic heterocycles. The Kier molecular flexibility index (Phi) is 4.03. The van der Waals surface area contributed by atoms with Crippen LogP contribution >= 0.6 is 0 Å². The number of para-hydroxylation sites is 2. The molecule has 8 nitrogen and oxygen atoms in total. The molecular weight excluding hydrogens is 348 g/mol. The van der Waals surface area contributed by atoms with Crippen molar-refractivity contribution in [3.8, 4) is 0 Å². The van der Waals surface area contributed by atoms with E-state index in [1.165, 1.54) is 9.47 Å². The molecule has 2 aromatic rings. The molecule has 0 aliphatic carbocycles. The first-order chi connectivity index (χ1) is 12.8. The molecule has 1 amide bonds. The van der Waals surface area contributed by atoms with Gasteiger partial charge in [0.25, 0.3) is 11.5 Å². The molecule has 0 saturated carbocycles. The number of carboxylic acids is 1. The average Bonchev–Trinajstić information content (AvgIpc) is 3.04. The van der Waals surface area contributed by atoms with Crippen molar-refractivity contribution in [3.05, 3.63) is 40.3 Å². The minimum atomic E-state index is -0.981. The maximum Gasteiger partial charge on any atom is 0.313 e. The number of likely N-dealkylation sites (tertiary alicyclic amines) is 2. The summed E-state index contributed by atoms with van der Waals surface area (Å²) in [5, 5.41) is 9.88. The number of hydrogen-bond acceptors (Lipinski definition) is 5. The van der Waals surface area contributed by atoms with Crippen LogP contribution in [-0.2, 0) is 11.8 Å². The first-order valence-electron chi connectivity index (χ1n) is 9.00. The first kappa shape index (κ1) is 17.7. The van der Waals surface area contributed by atoms with E-state index < -0.39 is 22.9 Å². The van der Waals surface area contributed by atoms with E-state index in [1.54, 1.807) is 25.2 Å². The fourth-order valence-corrected chi connectivity index (χ4v) is 4.49. The van der Waals surface area contributed by atoms with Crippen LogP contribution in [0.25, 0.3) is 11.0 Å². The molecule has 0 radical (unpaired) electrons. The summed E-state index contributed by atoms with van der Waals surface area (Å²) in [7, 11) is 3.51. The lowest BCUT2D eigenvalue weighted by Gasteiger charge is -2.39. The van der Waals surface area contributed by atoms with Gasteiger partial charge in [-0.3, -0.25) is 14.4 Å². The normalized spacial score (nSPS) is 25.6. The number of aromatic nitrogens is 2. The molecular formula is C19H22N4O4. The highest BCUT2D eigenvalue weighted by Crippen LogP contribution is 2.42. The number of aryl methyl sites for hydroxylation is 1. The van der Waals surface area contributed by atoms with E-state index in [0.717, 1.165) is 13.0 Å². The molecule has 2 saturated heterocycles. The third-order valence-electron chi connectivity index (χ3n) is 6.00. The third-order valence-corrected chi connectivity index (χ3v) is 6.00. The predicted octanol–water partition coefficient (Wildman–Crippen LogP) is 0.412. The van der Waals surface area contributed by atoms with Gasteiger partial charge in [0, 0.05) is 26.7 Å². The summed E-state index contributed by atoms with van der Waals surface area (Å²) in [4.78, 5) is 45.6. The van der Waals surface area contributed by atoms with Gasteiger partial charge in [0.2, 0.25) is 0 Å². The van der Waals surface area contributed by atoms with Crippen molar-refractivity contribution in [1.82, 2.24) is 19.4 Å². The minimum absolute atomic E-state index is 0.105. The minimum Gasteiger partial charge on any atom is -0.481 e. The van der Waals surface area contributed by atoms with E-state index in [2.05, 4.69) is 4.98 Å². The largest absolute Gasteiger partial charge is 0.481 e. The number of fused-ring (bicyclic) bond motifs is 2. The van der Waals surface area contributed by atoms with E-state index in [0.29, 0.717) is 24.1 Å². The number of benzene rings is 1. The summed E-state index contributed by atoms with van der Waals surface area (Å²) in [5.74, 6) is -1.48. The Balaban J connectivity index is 1.72. The van der Waals surface area contributed by atoms with Crippen LogP contribution in [0.2, 0.25) is 0 Å². The Labute approximate surface area is 156 Å². The molecule has 142 valence electrons. The Morgan fingerprint density at radius 3 is 2.70 bits per heavy atom. The molecule has 3 heterocycles. The fraction of sp³-hybridized carbons (Fsp3) is 0.474. The van der Waals surface area contributed by atoms with Crippen molar-refractivity contribution in [2.45, 2.75) is 6.42 Å². The van der Waals surface area contributed by atoms with Crippen LogP contribution in [0.15, 0.2) is 29.1 Å². The molecule has 2 aliphatic rings. The fourth-order valence-electron chi connectivity index (χ4n) is 4.49. The molecule has 2 aliphatic heterocycles. The van der Waals surface area contributed by atoms with E-state index in [9.17, 15) is 19.5 Å². The Bertz CT molecular complexity index is 1000. The van der Waals surface area contributed by atoms with Gasteiger partial charge in [0.15, 0.2) is 5.69 Å². The Morgan fingerprint density at radius 2 is 1.96 bits per heavy atom. The standard InChI is InChI=1S/C19H22N4O4/c1-21-8-7-12-9-23(11-19(12,10-21)18(26)27)17(25)15-16(24)22(2)14-6-4-3-5-13(14)20-15/h3-6,12H,7-11H2,1-2H3,(H,26,27)/t12-,19-/m0/s1. The molecule has 2 fully saturated rings. The maximum atomic E-state index is 13.1. The van der Waals surface area contributed by atoms with Crippen LogP contribution in [0, 0.1) is 11.3 Å². The second kappa shape index (κ2) is 6.16. The summed E-state index contributed by atoms with van der Waals surface area (Å²) >= 11 is 0. The molecule has 0 spiro atoms. The summed E-state index contributed by atoms with van der Waals surface area (Å²) in [6.07, 6.45) is 0.718. The van der Waals surface area contributed by atoms with Crippen LogP contribution < -0.4 is 5.56 Å². The molecule has 27 heavy (non-hydrogen) atoms. The number of piperidine rings is 1. The number of carboxylic acid groups (broad SMARTS) is 1. The second-order valence-corrected chi connectivity index (χ2v) is 7.68. The van der Waals surface area contributed by atoms with Crippen LogP contribution in [-0.4, -0.2) is 69.6 Å². The second-order valence-electron chi connectivity index (χ2n) is 7.68. The molecule has 0 bridgehead atoms. The topological polar surface area (TPSA) is 95.7 Å². The van der Waals surface area contributed by atoms with Gasteiger partial charge in [-0.25, -0.2) is 4.98 Å². The number of hydrogen-bond donors (Lipinski definition) is 1. The van der Waals surface area contributed by atoms with Crippen molar-refractivity contribution in [3.63, 3.8) is 0 Å². The van der Waals surface area contributed by atoms with Gasteiger partial charge in [-0.15, -0.1) is 0 Å². The highest BCUT2D eigenvalue weighted by molar-refractivity contribution is 5.95. The van der Waals surface area contributed by atoms with E-state index in [1.807, 2.05) is 18.0 Å². The Morgan fingerprint density at radius 1 is 1.22 bits per heavy atom. The van der Waals surface area contributed by atoms with Gasteiger partial charge in [0.05, 0.1) is 11.0 Å². The summed E-state index contributed by atoms with van der Waals surface area (Å²) in [6.45, 7) is 1.65. The lowest BCUT2D eigenvalue weighted by molar-refractivity contribution is -0.153. The van der Waals surface area contributed by atoms with Crippen molar-refractivity contribution < 1.29 is 14.7 Å². The number of amides is 1. The monoisotopic (exact) mass is 370 g/mol. The molecule has 4 rings (SSSR count). The average molecular weight is 370 g/mol. The van der Waals surface area contributed by atoms with Crippen LogP contribution in [0.5, 0.6) is 0 Å². The van der Waals surface area contributed by atoms with Crippen molar-refractivity contribution in [2.75, 3.05) is 33.2 Å². The quantitative estimate of drug-likeness (QED) is 0.823. The van der Waals surface area contributed by atoms with Gasteiger partial charge in [-0.1, -0.05) is 12.1 Å². The number of nitrogens with zero attached hydrogens (tertiary/aromatic N) is 4. The lowest BCUT2D eigenvalue weighted by atomic mass is 9.73. The zero-order valence-electron chi connectivity index (χ0n) is 15.4. The number of aliphatic carboxylic acids is 1. The molecule has 2 atom stereocenters. The number of carbonyl (C=O) groups excluding carboxylic acids is 1. The first-order valence-corrected chi connectivity index (χ1v) is 9.00. The highest BCUT2D eigenvalue weighted by Gasteiger charge is 2.55. The van der Waals surface area contributed by atoms with Gasteiger partial charge >= 0.3 is 5.97 Å². The number of carbonyl (C=O) groups is 2. The summed E-state index contributed by atoms with van der Waals surface area (Å²) in [6, 6.07) is 7.14. The highest BCUT2D eigenvalue weighted by atomic mass is 16.4. The van der Waals surface area contributed by atoms with Gasteiger partial charge < -0.3 is 19.5 Å². The zero-order chi connectivity index (χ0) is 19.3. The van der Waals surface area contributed by atoms with Gasteiger partial charge in [-0.05, 0) is 38.1 Å². The molecule has 8 heteroatoms. The van der Waals surface area contributed by atoms with E-state index in [-0.39, 0.29) is 18.2 Å². The molecule has 1 N–H and O–H groups in total. The van der Waals surface area contributed by atoms with Crippen molar-refractivity contribution in [1.29, 1.82) is 0 Å². The predicted molar refractivity (Wildman–Crippen MR) is 98.6 cm³/mol. The number of rotatable bonds is 2. The maximum absolute atomic E-state index is 13.1. The van der Waals surface area contributed by atoms with E-state index >= 15 is 0 Å². The Hall–Kier alpha value is -2.74. The van der Waals surface area contributed by atoms with Crippen LogP contribution in [0.4, 0.5) is 0 Å². The SMILES string of the molecule is CN1CC[C@H]2CN(C(=O)c3nc4ccccc4n(C)c3=O)C[C@@]2(C(=O)O)C1. The van der Waals surface area contributed by atoms with Gasteiger partial charge in [-0.2, -0.15) is 0 Å². The zero-order valence-corrected chi connectivity index (χ0v) is 15.4. The summed E-state index contributed by atoms with van der Waals surface area (Å²) in [5.41, 5.74) is -0.381. The van der Waals surface area contributed by atoms with Crippen LogP contribution in [0.3, 0.4) is 0 Å². The third kappa shape index (κ3) is 2.63.